The number of carbonyl (C=O) groups is 1. The van der Waals surface area contributed by atoms with Crippen LogP contribution in [0.25, 0.3) is 11.4 Å². The summed E-state index contributed by atoms with van der Waals surface area (Å²) in [7, 11) is 0.452. The quantitative estimate of drug-likeness (QED) is 0.694. The van der Waals surface area contributed by atoms with Crippen molar-refractivity contribution in [1.29, 1.82) is 0 Å². The van der Waals surface area contributed by atoms with Gasteiger partial charge in [-0.2, -0.15) is 0 Å². The van der Waals surface area contributed by atoms with Crippen LogP contribution in [0.3, 0.4) is 0 Å². The molecule has 26 heavy (non-hydrogen) atoms. The van der Waals surface area contributed by atoms with Gasteiger partial charge in [-0.3, -0.25) is 4.79 Å². The average molecular weight is 415 g/mol. The van der Waals surface area contributed by atoms with Crippen molar-refractivity contribution in [3.8, 4) is 11.4 Å². The molecule has 0 saturated carbocycles. The summed E-state index contributed by atoms with van der Waals surface area (Å²) >= 11 is 7.48. The lowest BCUT2D eigenvalue weighted by Gasteiger charge is -2.23. The van der Waals surface area contributed by atoms with Gasteiger partial charge in [0.05, 0.1) is 22.3 Å². The van der Waals surface area contributed by atoms with Crippen LogP contribution in [0.2, 0.25) is 5.02 Å². The fourth-order valence-electron chi connectivity index (χ4n) is 2.83. The van der Waals surface area contributed by atoms with Gasteiger partial charge in [0.25, 0.3) is 0 Å². The first kappa shape index (κ1) is 19.2. The number of nitrogens with zero attached hydrogens (tertiary/aromatic N) is 4. The second kappa shape index (κ2) is 7.58. The highest BCUT2D eigenvalue weighted by Gasteiger charge is 2.32. The van der Waals surface area contributed by atoms with Crippen molar-refractivity contribution in [2.75, 3.05) is 24.3 Å². The molecule has 1 amide bonds. The average Bonchev–Trinajstić information content (AvgIpc) is 3.15. The molecule has 1 atom stereocenters. The summed E-state index contributed by atoms with van der Waals surface area (Å²) in [6, 6.07) is 7.12. The van der Waals surface area contributed by atoms with Gasteiger partial charge in [-0.15, -0.1) is 10.2 Å². The molecular formula is C16H19ClN4O3S2. The van der Waals surface area contributed by atoms with Gasteiger partial charge in [0.15, 0.2) is 20.8 Å². The molecular weight excluding hydrogens is 396 g/mol. The number of halogens is 1. The topological polar surface area (TPSA) is 85.2 Å². The SMILES string of the molecule is CN(C(=O)CSc1nnc(-c2ccccc2Cl)n1C)[C@H]1CCS(=O)(=O)C1. The van der Waals surface area contributed by atoms with E-state index in [1.807, 2.05) is 25.2 Å². The van der Waals surface area contributed by atoms with Crippen LogP contribution in [0.15, 0.2) is 29.4 Å². The molecule has 0 bridgehead atoms. The molecule has 2 aromatic rings. The number of hydrogen-bond donors (Lipinski definition) is 0. The normalized spacial score (nSPS) is 18.8. The first-order valence-electron chi connectivity index (χ1n) is 8.01. The van der Waals surface area contributed by atoms with Gasteiger partial charge in [-0.25, -0.2) is 8.42 Å². The zero-order valence-corrected chi connectivity index (χ0v) is 16.8. The van der Waals surface area contributed by atoms with Gasteiger partial charge in [0, 0.05) is 25.7 Å². The van der Waals surface area contributed by atoms with Gasteiger partial charge < -0.3 is 9.47 Å². The molecule has 3 rings (SSSR count). The van der Waals surface area contributed by atoms with Gasteiger partial charge >= 0.3 is 0 Å². The molecule has 1 aliphatic rings. The van der Waals surface area contributed by atoms with Crippen LogP contribution in [0.4, 0.5) is 0 Å². The molecule has 10 heteroatoms. The third-order valence-corrected chi connectivity index (χ3v) is 7.51. The van der Waals surface area contributed by atoms with E-state index in [2.05, 4.69) is 10.2 Å². The Kier molecular flexibility index (Phi) is 5.59. The molecule has 1 aliphatic heterocycles. The van der Waals surface area contributed by atoms with Gasteiger partial charge in [-0.05, 0) is 18.6 Å². The largest absolute Gasteiger partial charge is 0.341 e. The predicted molar refractivity (Wildman–Crippen MR) is 102 cm³/mol. The van der Waals surface area contributed by atoms with E-state index in [0.717, 1.165) is 5.56 Å². The lowest BCUT2D eigenvalue weighted by molar-refractivity contribution is -0.128. The van der Waals surface area contributed by atoms with Gasteiger partial charge in [0.2, 0.25) is 5.91 Å². The molecule has 0 spiro atoms. The lowest BCUT2D eigenvalue weighted by atomic mass is 10.2. The summed E-state index contributed by atoms with van der Waals surface area (Å²) < 4.78 is 25.0. The van der Waals surface area contributed by atoms with Crippen LogP contribution in [0.5, 0.6) is 0 Å². The number of thioether (sulfide) groups is 1. The van der Waals surface area contributed by atoms with Crippen LogP contribution in [0, 0.1) is 0 Å². The van der Waals surface area contributed by atoms with E-state index >= 15 is 0 Å². The van der Waals surface area contributed by atoms with Crippen molar-refractivity contribution in [2.45, 2.75) is 17.6 Å². The molecule has 0 aliphatic carbocycles. The van der Waals surface area contributed by atoms with E-state index in [4.69, 9.17) is 11.6 Å². The monoisotopic (exact) mass is 414 g/mol. The lowest BCUT2D eigenvalue weighted by Crippen LogP contribution is -2.38. The molecule has 140 valence electrons. The van der Waals surface area contributed by atoms with Crippen molar-refractivity contribution in [3.63, 3.8) is 0 Å². The van der Waals surface area contributed by atoms with Crippen LogP contribution in [0.1, 0.15) is 6.42 Å². The van der Waals surface area contributed by atoms with E-state index in [-0.39, 0.29) is 29.2 Å². The Hall–Kier alpha value is -1.58. The van der Waals surface area contributed by atoms with Gasteiger partial charge in [0.1, 0.15) is 0 Å². The van der Waals surface area contributed by atoms with Gasteiger partial charge in [-0.1, -0.05) is 35.5 Å². The maximum absolute atomic E-state index is 12.4. The first-order chi connectivity index (χ1) is 12.3. The number of amides is 1. The molecule has 0 N–H and O–H groups in total. The maximum Gasteiger partial charge on any atom is 0.233 e. The summed E-state index contributed by atoms with van der Waals surface area (Å²) in [5, 5.41) is 9.48. The minimum atomic E-state index is -3.02. The van der Waals surface area contributed by atoms with Crippen LogP contribution >= 0.6 is 23.4 Å². The third kappa shape index (κ3) is 4.05. The molecule has 1 aromatic heterocycles. The van der Waals surface area contributed by atoms with Crippen molar-refractivity contribution in [1.82, 2.24) is 19.7 Å². The van der Waals surface area contributed by atoms with Crippen molar-refractivity contribution >= 4 is 39.1 Å². The predicted octanol–water partition coefficient (Wildman–Crippen LogP) is 1.87. The van der Waals surface area contributed by atoms with Crippen molar-refractivity contribution in [3.05, 3.63) is 29.3 Å². The van der Waals surface area contributed by atoms with Crippen LogP contribution in [-0.2, 0) is 21.7 Å². The zero-order chi connectivity index (χ0) is 18.9. The third-order valence-electron chi connectivity index (χ3n) is 4.42. The Balaban J connectivity index is 1.65. The number of carbonyl (C=O) groups excluding carboxylic acids is 1. The Labute approximate surface area is 161 Å². The molecule has 1 saturated heterocycles. The smallest absolute Gasteiger partial charge is 0.233 e. The molecule has 0 radical (unpaired) electrons. The fourth-order valence-corrected chi connectivity index (χ4v) is 5.66. The number of rotatable bonds is 5. The highest BCUT2D eigenvalue weighted by molar-refractivity contribution is 7.99. The second-order valence-corrected chi connectivity index (χ2v) is 9.77. The van der Waals surface area contributed by atoms with Crippen molar-refractivity contribution in [2.24, 2.45) is 7.05 Å². The van der Waals surface area contributed by atoms with E-state index in [0.29, 0.717) is 22.4 Å². The van der Waals surface area contributed by atoms with E-state index in [1.54, 1.807) is 17.7 Å². The number of benzene rings is 1. The Morgan fingerprint density at radius 3 is 2.77 bits per heavy atom. The second-order valence-electron chi connectivity index (χ2n) is 6.20. The number of aromatic nitrogens is 3. The standard InChI is InChI=1S/C16H19ClN4O3S2/c1-20(11-7-8-26(23,24)10-11)14(22)9-25-16-19-18-15(21(16)2)12-5-3-4-6-13(12)17/h3-6,11H,7-10H2,1-2H3/t11-/m0/s1. The number of sulfone groups is 1. The summed E-state index contributed by atoms with van der Waals surface area (Å²) in [4.78, 5) is 13.9. The highest BCUT2D eigenvalue weighted by Crippen LogP contribution is 2.28. The Morgan fingerprint density at radius 1 is 1.38 bits per heavy atom. The van der Waals surface area contributed by atoms with Crippen molar-refractivity contribution < 1.29 is 13.2 Å². The Morgan fingerprint density at radius 2 is 2.12 bits per heavy atom. The Bertz CT molecular complexity index is 929. The first-order valence-corrected chi connectivity index (χ1v) is 11.2. The minimum Gasteiger partial charge on any atom is -0.341 e. The maximum atomic E-state index is 12.4. The van der Waals surface area contributed by atoms with Crippen LogP contribution in [-0.4, -0.2) is 64.3 Å². The zero-order valence-electron chi connectivity index (χ0n) is 14.4. The molecule has 1 fully saturated rings. The van der Waals surface area contributed by atoms with E-state index < -0.39 is 9.84 Å². The van der Waals surface area contributed by atoms with E-state index in [1.165, 1.54) is 16.7 Å². The molecule has 0 unspecified atom stereocenters. The summed E-state index contributed by atoms with van der Waals surface area (Å²) in [6.07, 6.45) is 0.496. The molecule has 1 aromatic carbocycles. The molecule has 2 heterocycles. The summed E-state index contributed by atoms with van der Waals surface area (Å²) in [5.74, 6) is 0.856. The summed E-state index contributed by atoms with van der Waals surface area (Å²) in [5.41, 5.74) is 0.774. The van der Waals surface area contributed by atoms with E-state index in [9.17, 15) is 13.2 Å². The highest BCUT2D eigenvalue weighted by atomic mass is 35.5. The minimum absolute atomic E-state index is 0.0422. The fraction of sp³-hybridized carbons (Fsp3) is 0.438. The number of hydrogen-bond acceptors (Lipinski definition) is 6. The van der Waals surface area contributed by atoms with Crippen LogP contribution < -0.4 is 0 Å². The molecule has 7 nitrogen and oxygen atoms in total. The summed E-state index contributed by atoms with van der Waals surface area (Å²) in [6.45, 7) is 0.